The van der Waals surface area contributed by atoms with Crippen molar-refractivity contribution in [1.82, 2.24) is 4.98 Å². The van der Waals surface area contributed by atoms with E-state index in [9.17, 15) is 4.79 Å². The molecule has 1 aromatic carbocycles. The maximum absolute atomic E-state index is 12.2. The minimum Gasteiger partial charge on any atom is -0.497 e. The second-order valence-electron chi connectivity index (χ2n) is 3.87. The lowest BCUT2D eigenvalue weighted by Crippen LogP contribution is -2.14. The van der Waals surface area contributed by atoms with E-state index >= 15 is 0 Å². The van der Waals surface area contributed by atoms with E-state index in [2.05, 4.69) is 26.2 Å². The van der Waals surface area contributed by atoms with E-state index in [1.807, 2.05) is 0 Å². The van der Waals surface area contributed by atoms with Crippen molar-refractivity contribution in [3.8, 4) is 11.5 Å². The van der Waals surface area contributed by atoms with E-state index in [0.29, 0.717) is 27.5 Å². The fourth-order valence-corrected chi connectivity index (χ4v) is 1.99. The molecular formula is C14H13BrN2O3. The summed E-state index contributed by atoms with van der Waals surface area (Å²) in [6, 6.07) is 10.3. The lowest BCUT2D eigenvalue weighted by Gasteiger charge is -2.10. The largest absolute Gasteiger partial charge is 0.497 e. The smallest absolute Gasteiger partial charge is 0.260 e. The molecule has 2 aromatic rings. The minimum absolute atomic E-state index is 0.296. The van der Waals surface area contributed by atoms with Gasteiger partial charge in [0.2, 0.25) is 0 Å². The van der Waals surface area contributed by atoms with Crippen LogP contribution in [0.25, 0.3) is 0 Å². The number of pyridine rings is 1. The molecule has 5 nitrogen and oxygen atoms in total. The van der Waals surface area contributed by atoms with Crippen LogP contribution in [0.15, 0.2) is 41.0 Å². The number of aromatic nitrogens is 1. The first-order chi connectivity index (χ1) is 9.63. The molecule has 0 aliphatic carbocycles. The van der Waals surface area contributed by atoms with Gasteiger partial charge in [-0.1, -0.05) is 6.07 Å². The van der Waals surface area contributed by atoms with Crippen LogP contribution in [0.2, 0.25) is 0 Å². The van der Waals surface area contributed by atoms with Gasteiger partial charge < -0.3 is 14.8 Å². The van der Waals surface area contributed by atoms with Gasteiger partial charge >= 0.3 is 0 Å². The number of methoxy groups -OCH3 is 2. The Kier molecular flexibility index (Phi) is 4.57. The summed E-state index contributed by atoms with van der Waals surface area (Å²) in [5, 5.41) is 2.71. The van der Waals surface area contributed by atoms with Gasteiger partial charge in [-0.15, -0.1) is 0 Å². The van der Waals surface area contributed by atoms with Crippen molar-refractivity contribution in [2.24, 2.45) is 0 Å². The van der Waals surface area contributed by atoms with Crippen molar-refractivity contribution in [3.05, 3.63) is 46.6 Å². The zero-order chi connectivity index (χ0) is 14.5. The summed E-state index contributed by atoms with van der Waals surface area (Å²) >= 11 is 3.25. The molecule has 104 valence electrons. The molecule has 0 saturated carbocycles. The van der Waals surface area contributed by atoms with Gasteiger partial charge in [-0.25, -0.2) is 4.98 Å². The summed E-state index contributed by atoms with van der Waals surface area (Å²) in [6.45, 7) is 0. The second-order valence-corrected chi connectivity index (χ2v) is 4.68. The molecule has 0 aliphatic rings. The fourth-order valence-electron chi connectivity index (χ4n) is 1.65. The number of hydrogen-bond acceptors (Lipinski definition) is 4. The highest BCUT2D eigenvalue weighted by molar-refractivity contribution is 9.10. The molecule has 1 N–H and O–H groups in total. The molecule has 0 saturated heterocycles. The standard InChI is InChI=1S/C14H13BrN2O3/c1-19-9-6-7-10(11(8-9)20-2)14(18)17-13-5-3-4-12(15)16-13/h3-8H,1-2H3,(H,16,17,18). The maximum atomic E-state index is 12.2. The number of ether oxygens (including phenoxy) is 2. The highest BCUT2D eigenvalue weighted by atomic mass is 79.9. The van der Waals surface area contributed by atoms with Crippen molar-refractivity contribution in [3.63, 3.8) is 0 Å². The van der Waals surface area contributed by atoms with Gasteiger partial charge in [0.15, 0.2) is 0 Å². The second kappa shape index (κ2) is 6.38. The van der Waals surface area contributed by atoms with Crippen molar-refractivity contribution in [2.45, 2.75) is 0 Å². The maximum Gasteiger partial charge on any atom is 0.260 e. The van der Waals surface area contributed by atoms with Crippen LogP contribution in [0.5, 0.6) is 11.5 Å². The Morgan fingerprint density at radius 1 is 1.20 bits per heavy atom. The van der Waals surface area contributed by atoms with E-state index in [1.165, 1.54) is 7.11 Å². The predicted octanol–water partition coefficient (Wildman–Crippen LogP) is 3.11. The number of anilines is 1. The Hall–Kier alpha value is -2.08. The number of nitrogens with one attached hydrogen (secondary N) is 1. The third-order valence-electron chi connectivity index (χ3n) is 2.61. The first-order valence-electron chi connectivity index (χ1n) is 5.80. The third-order valence-corrected chi connectivity index (χ3v) is 3.05. The van der Waals surface area contributed by atoms with E-state index < -0.39 is 0 Å². The van der Waals surface area contributed by atoms with E-state index in [4.69, 9.17) is 9.47 Å². The van der Waals surface area contributed by atoms with Crippen LogP contribution in [0.3, 0.4) is 0 Å². The molecule has 0 radical (unpaired) electrons. The Bertz CT molecular complexity index is 632. The molecular weight excluding hydrogens is 324 g/mol. The van der Waals surface area contributed by atoms with Gasteiger partial charge in [0, 0.05) is 6.07 Å². The van der Waals surface area contributed by atoms with Gasteiger partial charge in [-0.2, -0.15) is 0 Å². The molecule has 0 unspecified atom stereocenters. The Balaban J connectivity index is 2.25. The minimum atomic E-state index is -0.296. The SMILES string of the molecule is COc1ccc(C(=O)Nc2cccc(Br)n2)c(OC)c1. The molecule has 0 spiro atoms. The molecule has 0 fully saturated rings. The predicted molar refractivity (Wildman–Crippen MR) is 79.4 cm³/mol. The van der Waals surface area contributed by atoms with Gasteiger partial charge in [-0.05, 0) is 40.2 Å². The van der Waals surface area contributed by atoms with E-state index in [0.717, 1.165) is 0 Å². The van der Waals surface area contributed by atoms with Crippen LogP contribution in [0.4, 0.5) is 5.82 Å². The van der Waals surface area contributed by atoms with Crippen LogP contribution in [0.1, 0.15) is 10.4 Å². The van der Waals surface area contributed by atoms with E-state index in [-0.39, 0.29) is 5.91 Å². The van der Waals surface area contributed by atoms with Gasteiger partial charge in [-0.3, -0.25) is 4.79 Å². The fraction of sp³-hybridized carbons (Fsp3) is 0.143. The van der Waals surface area contributed by atoms with Gasteiger partial charge in [0.25, 0.3) is 5.91 Å². The van der Waals surface area contributed by atoms with Crippen molar-refractivity contribution < 1.29 is 14.3 Å². The van der Waals surface area contributed by atoms with Gasteiger partial charge in [0.1, 0.15) is 21.9 Å². The molecule has 2 rings (SSSR count). The number of amides is 1. The first kappa shape index (κ1) is 14.3. The number of carbonyl (C=O) groups excluding carboxylic acids is 1. The van der Waals surface area contributed by atoms with Crippen LogP contribution < -0.4 is 14.8 Å². The lowest BCUT2D eigenvalue weighted by molar-refractivity contribution is 0.102. The summed E-state index contributed by atoms with van der Waals surface area (Å²) in [5.74, 6) is 1.23. The molecule has 0 aliphatic heterocycles. The topological polar surface area (TPSA) is 60.5 Å². The average Bonchev–Trinajstić information content (AvgIpc) is 2.46. The monoisotopic (exact) mass is 336 g/mol. The highest BCUT2D eigenvalue weighted by Gasteiger charge is 2.14. The number of hydrogen-bond donors (Lipinski definition) is 1. The quantitative estimate of drug-likeness (QED) is 0.871. The van der Waals surface area contributed by atoms with Crippen molar-refractivity contribution >= 4 is 27.7 Å². The number of benzene rings is 1. The normalized spacial score (nSPS) is 9.95. The Morgan fingerprint density at radius 3 is 2.65 bits per heavy atom. The van der Waals surface area contributed by atoms with E-state index in [1.54, 1.807) is 43.5 Å². The molecule has 6 heteroatoms. The molecule has 1 aromatic heterocycles. The van der Waals surface area contributed by atoms with Crippen molar-refractivity contribution in [2.75, 3.05) is 19.5 Å². The molecule has 20 heavy (non-hydrogen) atoms. The van der Waals surface area contributed by atoms with Crippen molar-refractivity contribution in [1.29, 1.82) is 0 Å². The summed E-state index contributed by atoms with van der Waals surface area (Å²) in [5.41, 5.74) is 0.412. The summed E-state index contributed by atoms with van der Waals surface area (Å²) in [4.78, 5) is 16.4. The summed E-state index contributed by atoms with van der Waals surface area (Å²) in [6.07, 6.45) is 0. The third kappa shape index (κ3) is 3.27. The number of halogens is 1. The Labute approximate surface area is 125 Å². The van der Waals surface area contributed by atoms with Gasteiger partial charge in [0.05, 0.1) is 19.8 Å². The van der Waals surface area contributed by atoms with Crippen LogP contribution in [-0.4, -0.2) is 25.1 Å². The molecule has 0 bridgehead atoms. The zero-order valence-corrected chi connectivity index (χ0v) is 12.6. The molecule has 1 heterocycles. The van der Waals surface area contributed by atoms with Crippen LogP contribution in [0, 0.1) is 0 Å². The average molecular weight is 337 g/mol. The Morgan fingerprint density at radius 2 is 2.00 bits per heavy atom. The number of carbonyl (C=O) groups is 1. The first-order valence-corrected chi connectivity index (χ1v) is 6.59. The molecule has 1 amide bonds. The summed E-state index contributed by atoms with van der Waals surface area (Å²) < 4.78 is 10.9. The number of rotatable bonds is 4. The molecule has 0 atom stereocenters. The zero-order valence-electron chi connectivity index (χ0n) is 11.0. The highest BCUT2D eigenvalue weighted by Crippen LogP contribution is 2.25. The van der Waals surface area contributed by atoms with Crippen LogP contribution in [-0.2, 0) is 0 Å². The van der Waals surface area contributed by atoms with Crippen LogP contribution >= 0.6 is 15.9 Å². The number of nitrogens with zero attached hydrogens (tertiary/aromatic N) is 1. The summed E-state index contributed by atoms with van der Waals surface area (Å²) in [7, 11) is 3.06. The lowest BCUT2D eigenvalue weighted by atomic mass is 10.1.